The van der Waals surface area contributed by atoms with Gasteiger partial charge in [0.1, 0.15) is 12.4 Å². The first-order valence-electron chi connectivity index (χ1n) is 7.54. The van der Waals surface area contributed by atoms with Crippen LogP contribution in [-0.2, 0) is 0 Å². The fraction of sp³-hybridized carbons (Fsp3) is 0.333. The molecule has 4 nitrogen and oxygen atoms in total. The number of allylic oxidation sites excluding steroid dienone is 1. The first kappa shape index (κ1) is 16.2. The monoisotopic (exact) mass is 298 g/mol. The normalized spacial score (nSPS) is 12.6. The van der Waals surface area contributed by atoms with Crippen molar-refractivity contribution in [3.63, 3.8) is 0 Å². The van der Waals surface area contributed by atoms with Crippen LogP contribution in [0.15, 0.2) is 43.1 Å². The molecule has 0 bridgehead atoms. The molecule has 1 unspecified atom stereocenters. The van der Waals surface area contributed by atoms with Gasteiger partial charge in [0.05, 0.1) is 11.6 Å². The van der Waals surface area contributed by atoms with Crippen LogP contribution >= 0.6 is 0 Å². The predicted octanol–water partition coefficient (Wildman–Crippen LogP) is 3.76. The van der Waals surface area contributed by atoms with Crippen molar-refractivity contribution in [1.29, 1.82) is 0 Å². The molecule has 116 valence electrons. The lowest BCUT2D eigenvalue weighted by Crippen LogP contribution is -1.97. The van der Waals surface area contributed by atoms with Gasteiger partial charge in [0.25, 0.3) is 0 Å². The Hall–Kier alpha value is -2.20. The number of aliphatic hydroxyl groups excluding tert-OH is 1. The molecule has 0 radical (unpaired) electrons. The van der Waals surface area contributed by atoms with E-state index in [2.05, 4.69) is 16.5 Å². The second-order valence-corrected chi connectivity index (χ2v) is 5.23. The number of fused-ring (bicyclic) bond motifs is 1. The first-order chi connectivity index (χ1) is 10.7. The molecule has 22 heavy (non-hydrogen) atoms. The van der Waals surface area contributed by atoms with Crippen LogP contribution in [0.2, 0.25) is 0 Å². The van der Waals surface area contributed by atoms with Crippen molar-refractivity contribution in [2.75, 3.05) is 6.61 Å². The van der Waals surface area contributed by atoms with E-state index in [1.807, 2.05) is 37.3 Å². The third-order valence-corrected chi connectivity index (χ3v) is 3.20. The summed E-state index contributed by atoms with van der Waals surface area (Å²) >= 11 is 0. The SMILES string of the molecule is C=CCOc1ccc2nc(/C=C/CCCC(C)O)ncc2c1. The Morgan fingerprint density at radius 3 is 3.05 bits per heavy atom. The minimum absolute atomic E-state index is 0.233. The van der Waals surface area contributed by atoms with E-state index in [0.717, 1.165) is 35.9 Å². The largest absolute Gasteiger partial charge is 0.490 e. The molecule has 1 N–H and O–H groups in total. The molecule has 0 fully saturated rings. The van der Waals surface area contributed by atoms with Gasteiger partial charge in [-0.05, 0) is 50.5 Å². The summed E-state index contributed by atoms with van der Waals surface area (Å²) in [5.41, 5.74) is 0.893. The maximum absolute atomic E-state index is 9.20. The van der Waals surface area contributed by atoms with Gasteiger partial charge in [0, 0.05) is 11.6 Å². The average Bonchev–Trinajstić information content (AvgIpc) is 2.52. The van der Waals surface area contributed by atoms with E-state index < -0.39 is 0 Å². The number of hydrogen-bond donors (Lipinski definition) is 1. The zero-order valence-electron chi connectivity index (χ0n) is 12.9. The third kappa shape index (κ3) is 4.97. The number of benzene rings is 1. The van der Waals surface area contributed by atoms with Gasteiger partial charge in [-0.15, -0.1) is 0 Å². The lowest BCUT2D eigenvalue weighted by Gasteiger charge is -2.04. The molecule has 1 heterocycles. The highest BCUT2D eigenvalue weighted by Gasteiger charge is 2.00. The van der Waals surface area contributed by atoms with Crippen molar-refractivity contribution in [1.82, 2.24) is 9.97 Å². The fourth-order valence-electron chi connectivity index (χ4n) is 2.07. The third-order valence-electron chi connectivity index (χ3n) is 3.20. The molecule has 2 rings (SSSR count). The van der Waals surface area contributed by atoms with E-state index in [0.29, 0.717) is 12.4 Å². The first-order valence-corrected chi connectivity index (χ1v) is 7.54. The summed E-state index contributed by atoms with van der Waals surface area (Å²) in [6.07, 6.45) is 9.95. The molecule has 0 amide bonds. The Bertz CT molecular complexity index is 651. The molecule has 1 aromatic heterocycles. The Morgan fingerprint density at radius 1 is 1.41 bits per heavy atom. The Labute approximate surface area is 131 Å². The number of hydrogen-bond acceptors (Lipinski definition) is 4. The van der Waals surface area contributed by atoms with E-state index in [-0.39, 0.29) is 6.10 Å². The van der Waals surface area contributed by atoms with Gasteiger partial charge in [0.2, 0.25) is 0 Å². The molecule has 0 spiro atoms. The Balaban J connectivity index is 2.01. The topological polar surface area (TPSA) is 55.2 Å². The maximum atomic E-state index is 9.20. The van der Waals surface area contributed by atoms with Crippen LogP contribution in [0.1, 0.15) is 32.0 Å². The summed E-state index contributed by atoms with van der Waals surface area (Å²) < 4.78 is 5.50. The summed E-state index contributed by atoms with van der Waals surface area (Å²) in [7, 11) is 0. The van der Waals surface area contributed by atoms with E-state index in [1.165, 1.54) is 0 Å². The van der Waals surface area contributed by atoms with Crippen molar-refractivity contribution in [3.8, 4) is 5.75 Å². The maximum Gasteiger partial charge on any atom is 0.152 e. The highest BCUT2D eigenvalue weighted by molar-refractivity contribution is 5.79. The number of aliphatic hydroxyl groups is 1. The zero-order valence-corrected chi connectivity index (χ0v) is 12.9. The number of unbranched alkanes of at least 4 members (excludes halogenated alkanes) is 1. The van der Waals surface area contributed by atoms with Crippen LogP contribution in [0.25, 0.3) is 17.0 Å². The van der Waals surface area contributed by atoms with Crippen molar-refractivity contribution < 1.29 is 9.84 Å². The number of rotatable bonds is 8. The van der Waals surface area contributed by atoms with Gasteiger partial charge in [-0.2, -0.15) is 0 Å². The number of nitrogens with zero attached hydrogens (tertiary/aromatic N) is 2. The molecular formula is C18H22N2O2. The molecule has 2 aromatic rings. The molecule has 1 atom stereocenters. The molecular weight excluding hydrogens is 276 g/mol. The average molecular weight is 298 g/mol. The van der Waals surface area contributed by atoms with Crippen molar-refractivity contribution in [2.45, 2.75) is 32.3 Å². The molecule has 0 saturated carbocycles. The summed E-state index contributed by atoms with van der Waals surface area (Å²) in [5, 5.41) is 10.2. The van der Waals surface area contributed by atoms with Gasteiger partial charge >= 0.3 is 0 Å². The van der Waals surface area contributed by atoms with Crippen LogP contribution in [-0.4, -0.2) is 27.8 Å². The van der Waals surface area contributed by atoms with Crippen LogP contribution in [0, 0.1) is 0 Å². The highest BCUT2D eigenvalue weighted by atomic mass is 16.5. The quantitative estimate of drug-likeness (QED) is 0.595. The van der Waals surface area contributed by atoms with E-state index in [4.69, 9.17) is 4.74 Å². The van der Waals surface area contributed by atoms with Crippen LogP contribution in [0.5, 0.6) is 5.75 Å². The van der Waals surface area contributed by atoms with Crippen LogP contribution < -0.4 is 4.74 Å². The van der Waals surface area contributed by atoms with Gasteiger partial charge < -0.3 is 9.84 Å². The molecule has 0 aliphatic carbocycles. The molecule has 0 aliphatic heterocycles. The van der Waals surface area contributed by atoms with Gasteiger partial charge in [-0.1, -0.05) is 18.7 Å². The number of ether oxygens (including phenoxy) is 1. The smallest absolute Gasteiger partial charge is 0.152 e. The van der Waals surface area contributed by atoms with Crippen LogP contribution in [0.3, 0.4) is 0 Å². The number of aromatic nitrogens is 2. The summed E-state index contributed by atoms with van der Waals surface area (Å²) in [6.45, 7) is 5.92. The van der Waals surface area contributed by atoms with Crippen LogP contribution in [0.4, 0.5) is 0 Å². The van der Waals surface area contributed by atoms with Crippen molar-refractivity contribution >= 4 is 17.0 Å². The Morgan fingerprint density at radius 2 is 2.27 bits per heavy atom. The minimum atomic E-state index is -0.233. The van der Waals surface area contributed by atoms with Gasteiger partial charge in [-0.3, -0.25) is 0 Å². The van der Waals surface area contributed by atoms with Crippen molar-refractivity contribution in [3.05, 3.63) is 49.0 Å². The van der Waals surface area contributed by atoms with Crippen molar-refractivity contribution in [2.24, 2.45) is 0 Å². The molecule has 0 saturated heterocycles. The summed E-state index contributed by atoms with van der Waals surface area (Å²) in [6, 6.07) is 5.75. The fourth-order valence-corrected chi connectivity index (χ4v) is 2.07. The van der Waals surface area contributed by atoms with E-state index in [9.17, 15) is 5.11 Å². The molecule has 0 aliphatic rings. The highest BCUT2D eigenvalue weighted by Crippen LogP contribution is 2.19. The second-order valence-electron chi connectivity index (χ2n) is 5.23. The zero-order chi connectivity index (χ0) is 15.8. The van der Waals surface area contributed by atoms with E-state index in [1.54, 1.807) is 12.3 Å². The van der Waals surface area contributed by atoms with Gasteiger partial charge in [0.15, 0.2) is 5.82 Å². The predicted molar refractivity (Wildman–Crippen MR) is 89.8 cm³/mol. The lowest BCUT2D eigenvalue weighted by molar-refractivity contribution is 0.182. The Kier molecular flexibility index (Phi) is 6.10. The molecule has 1 aromatic carbocycles. The second kappa shape index (κ2) is 8.29. The summed E-state index contributed by atoms with van der Waals surface area (Å²) in [4.78, 5) is 8.84. The summed E-state index contributed by atoms with van der Waals surface area (Å²) in [5.74, 6) is 1.49. The standard InChI is InChI=1S/C18H22N2O2/c1-3-11-22-16-9-10-17-15(12-16)13-19-18(20-17)8-6-4-5-7-14(2)21/h3,6,8-10,12-14,21H,1,4-5,7,11H2,2H3/b8-6+. The lowest BCUT2D eigenvalue weighted by atomic mass is 10.1. The van der Waals surface area contributed by atoms with Gasteiger partial charge in [-0.25, -0.2) is 9.97 Å². The molecule has 4 heteroatoms. The minimum Gasteiger partial charge on any atom is -0.490 e. The van der Waals surface area contributed by atoms with E-state index >= 15 is 0 Å².